The molecule has 5 aromatic rings. The van der Waals surface area contributed by atoms with Gasteiger partial charge in [0.15, 0.2) is 0 Å². The molecule has 8 heteroatoms. The van der Waals surface area contributed by atoms with E-state index in [9.17, 15) is 13.2 Å². The van der Waals surface area contributed by atoms with Crippen molar-refractivity contribution in [2.75, 3.05) is 0 Å². The fourth-order valence-corrected chi connectivity index (χ4v) is 5.88. The van der Waals surface area contributed by atoms with E-state index in [-0.39, 0.29) is 28.0 Å². The third-order valence-electron chi connectivity index (χ3n) is 5.34. The molecule has 0 atom stereocenters. The standard InChI is InChI=1S/C27H20N2O4S2/c30-27(24-16-20-14-15-28-18-25(20)34-24)29-17-19-10-12-22(13-11-19)35(31,32)26-9-5-4-8-23(26)33-21-6-2-1-3-7-21/h1-16,18H,17H2,(H,29,30). The van der Waals surface area contributed by atoms with Gasteiger partial charge in [0.05, 0.1) is 14.5 Å². The van der Waals surface area contributed by atoms with Gasteiger partial charge in [-0.25, -0.2) is 8.42 Å². The Morgan fingerprint density at radius 2 is 1.66 bits per heavy atom. The van der Waals surface area contributed by atoms with Crippen molar-refractivity contribution in [1.82, 2.24) is 10.3 Å². The van der Waals surface area contributed by atoms with Gasteiger partial charge in [-0.2, -0.15) is 0 Å². The van der Waals surface area contributed by atoms with Crippen LogP contribution in [0, 0.1) is 0 Å². The maximum Gasteiger partial charge on any atom is 0.261 e. The number of ether oxygens (including phenoxy) is 1. The lowest BCUT2D eigenvalue weighted by Crippen LogP contribution is -2.21. The molecule has 2 aromatic heterocycles. The molecule has 0 aliphatic carbocycles. The largest absolute Gasteiger partial charge is 0.456 e. The first-order valence-corrected chi connectivity index (χ1v) is 13.1. The summed E-state index contributed by atoms with van der Waals surface area (Å²) in [5, 5.41) is 3.86. The number of amides is 1. The average Bonchev–Trinajstić information content (AvgIpc) is 3.33. The number of hydrogen-bond acceptors (Lipinski definition) is 6. The van der Waals surface area contributed by atoms with Gasteiger partial charge >= 0.3 is 0 Å². The summed E-state index contributed by atoms with van der Waals surface area (Å²) in [5.74, 6) is 0.625. The zero-order valence-electron chi connectivity index (χ0n) is 18.4. The summed E-state index contributed by atoms with van der Waals surface area (Å²) < 4.78 is 33.5. The number of carbonyl (C=O) groups is 1. The van der Waals surface area contributed by atoms with Crippen molar-refractivity contribution >= 4 is 37.2 Å². The van der Waals surface area contributed by atoms with Crippen molar-refractivity contribution in [2.24, 2.45) is 0 Å². The van der Waals surface area contributed by atoms with Crippen LogP contribution in [0.5, 0.6) is 11.5 Å². The molecule has 0 saturated carbocycles. The van der Waals surface area contributed by atoms with E-state index in [0.717, 1.165) is 15.6 Å². The van der Waals surface area contributed by atoms with Crippen LogP contribution < -0.4 is 10.1 Å². The second-order valence-electron chi connectivity index (χ2n) is 7.72. The van der Waals surface area contributed by atoms with Gasteiger partial charge in [-0.15, -0.1) is 11.3 Å². The number of sulfone groups is 1. The minimum atomic E-state index is -3.81. The Labute approximate surface area is 206 Å². The van der Waals surface area contributed by atoms with E-state index in [1.165, 1.54) is 17.4 Å². The first kappa shape index (κ1) is 22.8. The van der Waals surface area contributed by atoms with E-state index in [4.69, 9.17) is 4.74 Å². The molecule has 174 valence electrons. The number of thiophene rings is 1. The fourth-order valence-electron chi connectivity index (χ4n) is 3.55. The van der Waals surface area contributed by atoms with Crippen molar-refractivity contribution in [3.63, 3.8) is 0 Å². The van der Waals surface area contributed by atoms with Crippen LogP contribution in [-0.2, 0) is 16.4 Å². The number of nitrogens with zero attached hydrogens (tertiary/aromatic N) is 1. The highest BCUT2D eigenvalue weighted by Crippen LogP contribution is 2.32. The van der Waals surface area contributed by atoms with E-state index in [2.05, 4.69) is 10.3 Å². The Hall–Kier alpha value is -4.01. The highest BCUT2D eigenvalue weighted by molar-refractivity contribution is 7.91. The predicted octanol–water partition coefficient (Wildman–Crippen LogP) is 5.85. The van der Waals surface area contributed by atoms with Crippen molar-refractivity contribution in [3.05, 3.63) is 114 Å². The first-order valence-electron chi connectivity index (χ1n) is 10.8. The molecule has 1 N–H and O–H groups in total. The van der Waals surface area contributed by atoms with E-state index in [0.29, 0.717) is 10.6 Å². The number of hydrogen-bond donors (Lipinski definition) is 1. The number of fused-ring (bicyclic) bond motifs is 1. The van der Waals surface area contributed by atoms with Gasteiger partial charge in [0.1, 0.15) is 16.4 Å². The van der Waals surface area contributed by atoms with Gasteiger partial charge in [0, 0.05) is 18.9 Å². The van der Waals surface area contributed by atoms with Crippen LogP contribution in [0.15, 0.2) is 113 Å². The molecule has 5 rings (SSSR count). The van der Waals surface area contributed by atoms with Crippen LogP contribution in [0.1, 0.15) is 15.2 Å². The second-order valence-corrected chi connectivity index (χ2v) is 10.7. The summed E-state index contributed by atoms with van der Waals surface area (Å²) in [5.41, 5.74) is 0.786. The molecular weight excluding hydrogens is 480 g/mol. The minimum absolute atomic E-state index is 0.0872. The minimum Gasteiger partial charge on any atom is -0.456 e. The smallest absolute Gasteiger partial charge is 0.261 e. The van der Waals surface area contributed by atoms with Crippen LogP contribution in [0.2, 0.25) is 0 Å². The zero-order valence-corrected chi connectivity index (χ0v) is 20.1. The third kappa shape index (κ3) is 4.94. The van der Waals surface area contributed by atoms with Crippen LogP contribution in [0.3, 0.4) is 0 Å². The van der Waals surface area contributed by atoms with Crippen molar-refractivity contribution < 1.29 is 17.9 Å². The Morgan fingerprint density at radius 3 is 2.43 bits per heavy atom. The molecule has 0 saturated heterocycles. The van der Waals surface area contributed by atoms with Gasteiger partial charge in [-0.1, -0.05) is 42.5 Å². The molecular formula is C27H20N2O4S2. The number of aromatic nitrogens is 1. The fraction of sp³-hybridized carbons (Fsp3) is 0.0370. The lowest BCUT2D eigenvalue weighted by Gasteiger charge is -2.12. The molecule has 0 aliphatic heterocycles. The summed E-state index contributed by atoms with van der Waals surface area (Å²) in [4.78, 5) is 17.5. The third-order valence-corrected chi connectivity index (χ3v) is 8.24. The molecule has 0 radical (unpaired) electrons. The SMILES string of the molecule is O=C(NCc1ccc(S(=O)(=O)c2ccccc2Oc2ccccc2)cc1)c1cc2ccncc2s1. The number of pyridine rings is 1. The molecule has 0 aliphatic rings. The summed E-state index contributed by atoms with van der Waals surface area (Å²) >= 11 is 1.38. The molecule has 2 heterocycles. The number of benzene rings is 3. The number of nitrogens with one attached hydrogen (secondary N) is 1. The maximum atomic E-state index is 13.3. The highest BCUT2D eigenvalue weighted by Gasteiger charge is 2.22. The topological polar surface area (TPSA) is 85.4 Å². The van der Waals surface area contributed by atoms with Gasteiger partial charge in [0.2, 0.25) is 9.84 Å². The van der Waals surface area contributed by atoms with Crippen molar-refractivity contribution in [3.8, 4) is 11.5 Å². The van der Waals surface area contributed by atoms with Crippen molar-refractivity contribution in [1.29, 1.82) is 0 Å². The Balaban J connectivity index is 1.31. The monoisotopic (exact) mass is 500 g/mol. The quantitative estimate of drug-likeness (QED) is 0.303. The zero-order chi connectivity index (χ0) is 24.3. The lowest BCUT2D eigenvalue weighted by atomic mass is 10.2. The molecule has 0 spiro atoms. The first-order chi connectivity index (χ1) is 17.0. The number of rotatable bonds is 7. The summed E-state index contributed by atoms with van der Waals surface area (Å²) in [7, 11) is -3.81. The molecule has 0 fully saturated rings. The van der Waals surface area contributed by atoms with Crippen molar-refractivity contribution in [2.45, 2.75) is 16.3 Å². The Kier molecular flexibility index (Phi) is 6.31. The molecule has 35 heavy (non-hydrogen) atoms. The maximum absolute atomic E-state index is 13.3. The molecule has 1 amide bonds. The van der Waals surface area contributed by atoms with Gasteiger partial charge in [0.25, 0.3) is 5.91 Å². The summed E-state index contributed by atoms with van der Waals surface area (Å²) in [6.45, 7) is 0.277. The van der Waals surface area contributed by atoms with Gasteiger partial charge < -0.3 is 10.1 Å². The highest BCUT2D eigenvalue weighted by atomic mass is 32.2. The van der Waals surface area contributed by atoms with Crippen LogP contribution in [0.4, 0.5) is 0 Å². The number of carbonyl (C=O) groups excluding carboxylic acids is 1. The molecule has 3 aromatic carbocycles. The number of para-hydroxylation sites is 2. The van der Waals surface area contributed by atoms with Crippen LogP contribution in [0.25, 0.3) is 10.1 Å². The molecule has 6 nitrogen and oxygen atoms in total. The lowest BCUT2D eigenvalue weighted by molar-refractivity contribution is 0.0955. The van der Waals surface area contributed by atoms with E-state index in [1.807, 2.05) is 30.3 Å². The molecule has 0 unspecified atom stereocenters. The van der Waals surface area contributed by atoms with E-state index < -0.39 is 9.84 Å². The van der Waals surface area contributed by atoms with E-state index >= 15 is 0 Å². The Morgan fingerprint density at radius 1 is 0.914 bits per heavy atom. The molecule has 0 bridgehead atoms. The van der Waals surface area contributed by atoms with Gasteiger partial charge in [-0.05, 0) is 59.5 Å². The predicted molar refractivity (Wildman–Crippen MR) is 136 cm³/mol. The van der Waals surface area contributed by atoms with E-state index in [1.54, 1.807) is 67.0 Å². The Bertz CT molecular complexity index is 1560. The van der Waals surface area contributed by atoms with Gasteiger partial charge in [-0.3, -0.25) is 9.78 Å². The normalized spacial score (nSPS) is 11.3. The summed E-state index contributed by atoms with van der Waals surface area (Å²) in [6, 6.07) is 25.8. The second kappa shape index (κ2) is 9.69. The van der Waals surface area contributed by atoms with Crippen LogP contribution in [-0.4, -0.2) is 19.3 Å². The summed E-state index contributed by atoms with van der Waals surface area (Å²) in [6.07, 6.45) is 3.43. The average molecular weight is 501 g/mol. The van der Waals surface area contributed by atoms with Crippen LogP contribution >= 0.6 is 11.3 Å².